The van der Waals surface area contributed by atoms with Crippen molar-refractivity contribution in [2.24, 2.45) is 0 Å². The van der Waals surface area contributed by atoms with Crippen LogP contribution < -0.4 is 5.32 Å². The standard InChI is InChI=1S/C10H11N3O2/c14-9-7-13(6-5-12-9)10(15)8-3-1-2-4-11-8/h1-4H,5-7H2,(H,12,14). The summed E-state index contributed by atoms with van der Waals surface area (Å²) in [5.41, 5.74) is 0.382. The van der Waals surface area contributed by atoms with Gasteiger partial charge < -0.3 is 10.2 Å². The van der Waals surface area contributed by atoms with Gasteiger partial charge in [0.2, 0.25) is 5.91 Å². The monoisotopic (exact) mass is 205 g/mol. The molecule has 0 atom stereocenters. The molecule has 0 unspecified atom stereocenters. The Balaban J connectivity index is 2.11. The Morgan fingerprint density at radius 2 is 2.33 bits per heavy atom. The lowest BCUT2D eigenvalue weighted by molar-refractivity contribution is -0.123. The van der Waals surface area contributed by atoms with Crippen molar-refractivity contribution >= 4 is 11.8 Å². The quantitative estimate of drug-likeness (QED) is 0.682. The van der Waals surface area contributed by atoms with Crippen LogP contribution in [-0.4, -0.2) is 41.3 Å². The van der Waals surface area contributed by atoms with E-state index in [1.54, 1.807) is 24.4 Å². The molecule has 0 bridgehead atoms. The van der Waals surface area contributed by atoms with E-state index in [-0.39, 0.29) is 18.4 Å². The van der Waals surface area contributed by atoms with Crippen molar-refractivity contribution in [2.45, 2.75) is 0 Å². The summed E-state index contributed by atoms with van der Waals surface area (Å²) in [5.74, 6) is -0.309. The number of carbonyl (C=O) groups excluding carboxylic acids is 2. The second kappa shape index (κ2) is 4.08. The molecule has 5 nitrogen and oxygen atoms in total. The van der Waals surface area contributed by atoms with Crippen molar-refractivity contribution in [3.63, 3.8) is 0 Å². The van der Waals surface area contributed by atoms with Crippen LogP contribution in [0.1, 0.15) is 10.5 Å². The molecule has 0 radical (unpaired) electrons. The molecule has 0 spiro atoms. The zero-order chi connectivity index (χ0) is 10.7. The molecule has 0 saturated carbocycles. The number of rotatable bonds is 1. The molecule has 1 aromatic heterocycles. The number of aromatic nitrogens is 1. The van der Waals surface area contributed by atoms with Gasteiger partial charge in [0.15, 0.2) is 0 Å². The third-order valence-electron chi connectivity index (χ3n) is 2.21. The lowest BCUT2D eigenvalue weighted by Crippen LogP contribution is -2.50. The third kappa shape index (κ3) is 2.12. The van der Waals surface area contributed by atoms with Gasteiger partial charge in [-0.2, -0.15) is 0 Å². The summed E-state index contributed by atoms with van der Waals surface area (Å²) >= 11 is 0. The number of piperazine rings is 1. The van der Waals surface area contributed by atoms with Crippen molar-refractivity contribution < 1.29 is 9.59 Å². The van der Waals surface area contributed by atoms with E-state index in [4.69, 9.17) is 0 Å². The number of carbonyl (C=O) groups is 2. The van der Waals surface area contributed by atoms with E-state index in [2.05, 4.69) is 10.3 Å². The van der Waals surface area contributed by atoms with Gasteiger partial charge >= 0.3 is 0 Å². The maximum absolute atomic E-state index is 11.8. The molecule has 1 aromatic rings. The number of nitrogens with zero attached hydrogens (tertiary/aromatic N) is 2. The van der Waals surface area contributed by atoms with E-state index in [0.29, 0.717) is 18.8 Å². The first-order valence-corrected chi connectivity index (χ1v) is 4.74. The molecule has 0 aliphatic carbocycles. The minimum absolute atomic E-state index is 0.120. The molecule has 1 aliphatic heterocycles. The van der Waals surface area contributed by atoms with Crippen LogP contribution in [0.2, 0.25) is 0 Å². The number of pyridine rings is 1. The van der Waals surface area contributed by atoms with Gasteiger partial charge in [0.25, 0.3) is 5.91 Å². The number of hydrogen-bond donors (Lipinski definition) is 1. The zero-order valence-corrected chi connectivity index (χ0v) is 8.14. The molecule has 1 aliphatic rings. The maximum atomic E-state index is 11.8. The Bertz CT molecular complexity index is 378. The highest BCUT2D eigenvalue weighted by Crippen LogP contribution is 2.02. The van der Waals surface area contributed by atoms with E-state index in [9.17, 15) is 9.59 Å². The Kier molecular flexibility index (Phi) is 2.62. The number of hydrogen-bond acceptors (Lipinski definition) is 3. The topological polar surface area (TPSA) is 62.3 Å². The first-order chi connectivity index (χ1) is 7.27. The third-order valence-corrected chi connectivity index (χ3v) is 2.21. The second-order valence-corrected chi connectivity index (χ2v) is 3.29. The van der Waals surface area contributed by atoms with Gasteiger partial charge in [-0.15, -0.1) is 0 Å². The first-order valence-electron chi connectivity index (χ1n) is 4.74. The van der Waals surface area contributed by atoms with Crippen molar-refractivity contribution in [2.75, 3.05) is 19.6 Å². The van der Waals surface area contributed by atoms with Crippen LogP contribution in [0.25, 0.3) is 0 Å². The van der Waals surface area contributed by atoms with Gasteiger partial charge in [0.1, 0.15) is 5.69 Å². The maximum Gasteiger partial charge on any atom is 0.272 e. The predicted octanol–water partition coefficient (Wildman–Crippen LogP) is -0.346. The summed E-state index contributed by atoms with van der Waals surface area (Å²) in [4.78, 5) is 28.4. The molecule has 2 heterocycles. The molecule has 2 amide bonds. The molecule has 1 N–H and O–H groups in total. The normalized spacial score (nSPS) is 16.0. The molecular weight excluding hydrogens is 194 g/mol. The molecule has 1 saturated heterocycles. The van der Waals surface area contributed by atoms with Gasteiger partial charge in [-0.05, 0) is 12.1 Å². The molecule has 5 heteroatoms. The van der Waals surface area contributed by atoms with E-state index in [1.165, 1.54) is 4.90 Å². The first kappa shape index (κ1) is 9.64. The molecule has 2 rings (SSSR count). The number of amides is 2. The lowest BCUT2D eigenvalue weighted by Gasteiger charge is -2.26. The van der Waals surface area contributed by atoms with Crippen LogP contribution in [0.4, 0.5) is 0 Å². The summed E-state index contributed by atoms with van der Waals surface area (Å²) < 4.78 is 0. The van der Waals surface area contributed by atoms with Crippen LogP contribution in [0, 0.1) is 0 Å². The van der Waals surface area contributed by atoms with Crippen LogP contribution in [-0.2, 0) is 4.79 Å². The molecule has 1 fully saturated rings. The average Bonchev–Trinajstić information content (AvgIpc) is 2.29. The highest BCUT2D eigenvalue weighted by molar-refractivity contribution is 5.95. The van der Waals surface area contributed by atoms with Gasteiger partial charge in [-0.3, -0.25) is 14.6 Å². The molecule has 0 aromatic carbocycles. The van der Waals surface area contributed by atoms with Crippen molar-refractivity contribution in [1.82, 2.24) is 15.2 Å². The predicted molar refractivity (Wildman–Crippen MR) is 53.2 cm³/mol. The van der Waals surface area contributed by atoms with Gasteiger partial charge in [-0.1, -0.05) is 6.07 Å². The fourth-order valence-corrected chi connectivity index (χ4v) is 1.46. The molecule has 15 heavy (non-hydrogen) atoms. The minimum Gasteiger partial charge on any atom is -0.353 e. The van der Waals surface area contributed by atoms with Gasteiger partial charge in [0, 0.05) is 19.3 Å². The minimum atomic E-state index is -0.189. The van der Waals surface area contributed by atoms with E-state index in [0.717, 1.165) is 0 Å². The van der Waals surface area contributed by atoms with E-state index in [1.807, 2.05) is 0 Å². The zero-order valence-electron chi connectivity index (χ0n) is 8.14. The Labute approximate surface area is 87.1 Å². The van der Waals surface area contributed by atoms with E-state index < -0.39 is 0 Å². The van der Waals surface area contributed by atoms with Gasteiger partial charge in [0.05, 0.1) is 6.54 Å². The van der Waals surface area contributed by atoms with Crippen molar-refractivity contribution in [3.05, 3.63) is 30.1 Å². The average molecular weight is 205 g/mol. The molecular formula is C10H11N3O2. The Hall–Kier alpha value is -1.91. The summed E-state index contributed by atoms with van der Waals surface area (Å²) in [7, 11) is 0. The Morgan fingerprint density at radius 1 is 1.47 bits per heavy atom. The van der Waals surface area contributed by atoms with Crippen LogP contribution in [0.3, 0.4) is 0 Å². The fourth-order valence-electron chi connectivity index (χ4n) is 1.46. The molecule has 78 valence electrons. The number of nitrogens with one attached hydrogen (secondary N) is 1. The fraction of sp³-hybridized carbons (Fsp3) is 0.300. The summed E-state index contributed by atoms with van der Waals surface area (Å²) in [5, 5.41) is 2.67. The second-order valence-electron chi connectivity index (χ2n) is 3.29. The van der Waals surface area contributed by atoms with Crippen molar-refractivity contribution in [3.8, 4) is 0 Å². The van der Waals surface area contributed by atoms with Gasteiger partial charge in [-0.25, -0.2) is 0 Å². The smallest absolute Gasteiger partial charge is 0.272 e. The largest absolute Gasteiger partial charge is 0.353 e. The van der Waals surface area contributed by atoms with Crippen LogP contribution in [0.15, 0.2) is 24.4 Å². The Morgan fingerprint density at radius 3 is 3.00 bits per heavy atom. The summed E-state index contributed by atoms with van der Waals surface area (Å²) in [6, 6.07) is 5.15. The van der Waals surface area contributed by atoms with Crippen molar-refractivity contribution in [1.29, 1.82) is 0 Å². The van der Waals surface area contributed by atoms with Crippen LogP contribution >= 0.6 is 0 Å². The van der Waals surface area contributed by atoms with Crippen LogP contribution in [0.5, 0.6) is 0 Å². The highest BCUT2D eigenvalue weighted by atomic mass is 16.2. The van der Waals surface area contributed by atoms with E-state index >= 15 is 0 Å². The SMILES string of the molecule is O=C1CN(C(=O)c2ccccn2)CCN1. The lowest BCUT2D eigenvalue weighted by atomic mass is 10.3. The summed E-state index contributed by atoms with van der Waals surface area (Å²) in [6.45, 7) is 1.17. The summed E-state index contributed by atoms with van der Waals surface area (Å²) in [6.07, 6.45) is 1.57. The highest BCUT2D eigenvalue weighted by Gasteiger charge is 2.22.